The second kappa shape index (κ2) is 6.60. The van der Waals surface area contributed by atoms with Crippen molar-refractivity contribution in [3.8, 4) is 0 Å². The molecule has 1 unspecified atom stereocenters. The van der Waals surface area contributed by atoms with Crippen LogP contribution >= 0.6 is 0 Å². The number of para-hydroxylation sites is 1. The number of H-pyrrole nitrogens is 1. The fourth-order valence-corrected chi connectivity index (χ4v) is 4.22. The number of amides is 1. The average Bonchev–Trinajstić information content (AvgIpc) is 3.24. The van der Waals surface area contributed by atoms with Crippen LogP contribution in [0, 0.1) is 12.8 Å². The van der Waals surface area contributed by atoms with Gasteiger partial charge in [-0.1, -0.05) is 18.2 Å². The Bertz CT molecular complexity index is 722. The Balaban J connectivity index is 1.39. The first-order valence-electron chi connectivity index (χ1n) is 9.19. The third-order valence-corrected chi connectivity index (χ3v) is 5.65. The van der Waals surface area contributed by atoms with Crippen molar-refractivity contribution in [3.05, 3.63) is 35.5 Å². The number of aromatic nitrogens is 1. The van der Waals surface area contributed by atoms with Crippen LogP contribution in [0.1, 0.15) is 36.9 Å². The Labute approximate surface area is 143 Å². The molecule has 2 saturated heterocycles. The summed E-state index contributed by atoms with van der Waals surface area (Å²) in [6.45, 7) is 4.67. The lowest BCUT2D eigenvalue weighted by molar-refractivity contribution is -0.142. The van der Waals surface area contributed by atoms with E-state index in [1.807, 2.05) is 4.90 Å². The van der Waals surface area contributed by atoms with E-state index in [9.17, 15) is 4.79 Å². The number of likely N-dealkylation sites (tertiary alicyclic amines) is 1. The standard InChI is InChI=1S/C20H26N2O2/c1-14-17(16-5-2-3-6-18(16)21-14)13-15-8-10-22(11-9-15)20(23)19-7-4-12-24-19/h2-3,5-6,15,19,21H,4,7-13H2,1H3. The van der Waals surface area contributed by atoms with Crippen molar-refractivity contribution in [1.29, 1.82) is 0 Å². The van der Waals surface area contributed by atoms with E-state index in [1.165, 1.54) is 22.2 Å². The summed E-state index contributed by atoms with van der Waals surface area (Å²) in [6.07, 6.45) is 5.05. The first-order valence-corrected chi connectivity index (χ1v) is 9.19. The highest BCUT2D eigenvalue weighted by Gasteiger charge is 2.31. The van der Waals surface area contributed by atoms with Crippen LogP contribution in [0.2, 0.25) is 0 Å². The van der Waals surface area contributed by atoms with Gasteiger partial charge in [0.15, 0.2) is 0 Å². The number of carbonyl (C=O) groups is 1. The number of fused-ring (bicyclic) bond motifs is 1. The molecule has 0 saturated carbocycles. The molecule has 1 N–H and O–H groups in total. The smallest absolute Gasteiger partial charge is 0.251 e. The van der Waals surface area contributed by atoms with Crippen molar-refractivity contribution < 1.29 is 9.53 Å². The molecule has 1 aromatic heterocycles. The summed E-state index contributed by atoms with van der Waals surface area (Å²) in [5.41, 5.74) is 3.97. The van der Waals surface area contributed by atoms with Gasteiger partial charge in [0.05, 0.1) is 0 Å². The number of benzene rings is 1. The molecule has 1 amide bonds. The highest BCUT2D eigenvalue weighted by Crippen LogP contribution is 2.29. The van der Waals surface area contributed by atoms with Gasteiger partial charge in [0.2, 0.25) is 0 Å². The van der Waals surface area contributed by atoms with Gasteiger partial charge in [0, 0.05) is 36.3 Å². The number of aryl methyl sites for hydroxylation is 1. The van der Waals surface area contributed by atoms with Crippen molar-refractivity contribution in [3.63, 3.8) is 0 Å². The summed E-state index contributed by atoms with van der Waals surface area (Å²) >= 11 is 0. The third kappa shape index (κ3) is 2.95. The number of hydrogen-bond donors (Lipinski definition) is 1. The van der Waals surface area contributed by atoms with E-state index in [0.717, 1.165) is 51.8 Å². The van der Waals surface area contributed by atoms with Gasteiger partial charge in [0.1, 0.15) is 6.10 Å². The monoisotopic (exact) mass is 326 g/mol. The Morgan fingerprint density at radius 1 is 1.25 bits per heavy atom. The Morgan fingerprint density at radius 3 is 2.79 bits per heavy atom. The average molecular weight is 326 g/mol. The summed E-state index contributed by atoms with van der Waals surface area (Å²) in [5, 5.41) is 1.35. The van der Waals surface area contributed by atoms with Gasteiger partial charge in [-0.2, -0.15) is 0 Å². The quantitative estimate of drug-likeness (QED) is 0.939. The zero-order chi connectivity index (χ0) is 16.5. The molecular formula is C20H26N2O2. The van der Waals surface area contributed by atoms with Crippen molar-refractivity contribution in [1.82, 2.24) is 9.88 Å². The summed E-state index contributed by atoms with van der Waals surface area (Å²) in [5.74, 6) is 0.880. The van der Waals surface area contributed by atoms with Crippen molar-refractivity contribution in [2.24, 2.45) is 5.92 Å². The molecule has 4 nitrogen and oxygen atoms in total. The molecule has 2 aliphatic rings. The molecular weight excluding hydrogens is 300 g/mol. The predicted molar refractivity (Wildman–Crippen MR) is 95.0 cm³/mol. The minimum atomic E-state index is -0.169. The van der Waals surface area contributed by atoms with Crippen LogP contribution in [0.5, 0.6) is 0 Å². The van der Waals surface area contributed by atoms with Gasteiger partial charge >= 0.3 is 0 Å². The highest BCUT2D eigenvalue weighted by molar-refractivity contribution is 5.84. The third-order valence-electron chi connectivity index (χ3n) is 5.65. The number of ether oxygens (including phenoxy) is 1. The van der Waals surface area contributed by atoms with Crippen LogP contribution in [0.15, 0.2) is 24.3 Å². The van der Waals surface area contributed by atoms with Crippen molar-refractivity contribution >= 4 is 16.8 Å². The van der Waals surface area contributed by atoms with Crippen LogP contribution in [-0.2, 0) is 16.0 Å². The molecule has 2 fully saturated rings. The maximum Gasteiger partial charge on any atom is 0.251 e. The molecule has 4 rings (SSSR count). The van der Waals surface area contributed by atoms with E-state index in [1.54, 1.807) is 0 Å². The topological polar surface area (TPSA) is 45.3 Å². The predicted octanol–water partition coefficient (Wildman–Crippen LogP) is 3.44. The number of carbonyl (C=O) groups excluding carboxylic acids is 1. The van der Waals surface area contributed by atoms with E-state index in [4.69, 9.17) is 4.74 Å². The minimum Gasteiger partial charge on any atom is -0.368 e. The highest BCUT2D eigenvalue weighted by atomic mass is 16.5. The van der Waals surface area contributed by atoms with Gasteiger partial charge in [-0.3, -0.25) is 4.79 Å². The molecule has 3 heterocycles. The van der Waals surface area contributed by atoms with Crippen LogP contribution in [-0.4, -0.2) is 41.6 Å². The molecule has 1 aromatic carbocycles. The number of rotatable bonds is 3. The molecule has 0 spiro atoms. The molecule has 0 aliphatic carbocycles. The Kier molecular flexibility index (Phi) is 4.31. The summed E-state index contributed by atoms with van der Waals surface area (Å²) < 4.78 is 5.55. The largest absolute Gasteiger partial charge is 0.368 e. The molecule has 0 bridgehead atoms. The van der Waals surface area contributed by atoms with Crippen LogP contribution in [0.4, 0.5) is 0 Å². The van der Waals surface area contributed by atoms with E-state index < -0.39 is 0 Å². The fraction of sp³-hybridized carbons (Fsp3) is 0.550. The normalized spacial score (nSPS) is 22.4. The molecule has 2 aliphatic heterocycles. The maximum atomic E-state index is 12.4. The van der Waals surface area contributed by atoms with E-state index in [0.29, 0.717) is 5.92 Å². The number of aromatic amines is 1. The molecule has 128 valence electrons. The maximum absolute atomic E-state index is 12.4. The number of nitrogens with one attached hydrogen (secondary N) is 1. The number of nitrogens with zero attached hydrogens (tertiary/aromatic N) is 1. The van der Waals surface area contributed by atoms with E-state index >= 15 is 0 Å². The summed E-state index contributed by atoms with van der Waals surface area (Å²) in [4.78, 5) is 18.0. The molecule has 1 atom stereocenters. The van der Waals surface area contributed by atoms with Crippen LogP contribution < -0.4 is 0 Å². The summed E-state index contributed by atoms with van der Waals surface area (Å²) in [6, 6.07) is 8.55. The summed E-state index contributed by atoms with van der Waals surface area (Å²) in [7, 11) is 0. The lowest BCUT2D eigenvalue weighted by Gasteiger charge is -2.33. The van der Waals surface area contributed by atoms with Crippen LogP contribution in [0.3, 0.4) is 0 Å². The SMILES string of the molecule is Cc1[nH]c2ccccc2c1CC1CCN(C(=O)C2CCCO2)CC1. The van der Waals surface area contributed by atoms with Crippen molar-refractivity contribution in [2.45, 2.75) is 45.1 Å². The lowest BCUT2D eigenvalue weighted by atomic mass is 9.89. The Hall–Kier alpha value is -1.81. The van der Waals surface area contributed by atoms with Crippen molar-refractivity contribution in [2.75, 3.05) is 19.7 Å². The van der Waals surface area contributed by atoms with E-state index in [-0.39, 0.29) is 12.0 Å². The number of piperidine rings is 1. The van der Waals surface area contributed by atoms with Gasteiger partial charge in [-0.05, 0) is 56.6 Å². The van der Waals surface area contributed by atoms with Gasteiger partial charge in [-0.15, -0.1) is 0 Å². The molecule has 24 heavy (non-hydrogen) atoms. The fourth-order valence-electron chi connectivity index (χ4n) is 4.22. The second-order valence-corrected chi connectivity index (χ2v) is 7.25. The number of hydrogen-bond acceptors (Lipinski definition) is 2. The molecule has 0 radical (unpaired) electrons. The van der Waals surface area contributed by atoms with E-state index in [2.05, 4.69) is 36.2 Å². The lowest BCUT2D eigenvalue weighted by Crippen LogP contribution is -2.44. The first-order chi connectivity index (χ1) is 11.7. The minimum absolute atomic E-state index is 0.169. The second-order valence-electron chi connectivity index (χ2n) is 7.25. The van der Waals surface area contributed by atoms with Gasteiger partial charge in [0.25, 0.3) is 5.91 Å². The zero-order valence-electron chi connectivity index (χ0n) is 14.4. The zero-order valence-corrected chi connectivity index (χ0v) is 14.4. The van der Waals surface area contributed by atoms with Gasteiger partial charge in [-0.25, -0.2) is 0 Å². The Morgan fingerprint density at radius 2 is 2.04 bits per heavy atom. The van der Waals surface area contributed by atoms with Gasteiger partial charge < -0.3 is 14.6 Å². The molecule has 4 heteroatoms. The first kappa shape index (κ1) is 15.7. The van der Waals surface area contributed by atoms with Crippen LogP contribution in [0.25, 0.3) is 10.9 Å². The molecule has 2 aromatic rings.